The summed E-state index contributed by atoms with van der Waals surface area (Å²) < 4.78 is 0. The van der Waals surface area contributed by atoms with Crippen molar-refractivity contribution in [2.45, 2.75) is 6.42 Å². The molecule has 0 aliphatic rings. The van der Waals surface area contributed by atoms with Gasteiger partial charge in [0.2, 0.25) is 0 Å². The van der Waals surface area contributed by atoms with E-state index in [0.29, 0.717) is 17.7 Å². The number of carbonyl (C=O) groups is 2. The number of carboxylic acids is 1. The Morgan fingerprint density at radius 1 is 1.19 bits per heavy atom. The maximum Gasteiger partial charge on any atom is 0.328 e. The molecular weight excluding hydrogens is 268 g/mol. The molecule has 1 aromatic carbocycles. The Kier molecular flexibility index (Phi) is 6.62. The molecule has 0 spiro atoms. The monoisotopic (exact) mass is 290 g/mol. The van der Waals surface area contributed by atoms with Gasteiger partial charge in [0.05, 0.1) is 0 Å². The van der Waals surface area contributed by atoms with E-state index in [-0.39, 0.29) is 5.91 Å². The van der Waals surface area contributed by atoms with Crippen LogP contribution in [0.5, 0.6) is 0 Å². The van der Waals surface area contributed by atoms with E-state index >= 15 is 0 Å². The van der Waals surface area contributed by atoms with E-state index in [1.165, 1.54) is 6.08 Å². The zero-order valence-electron chi connectivity index (χ0n) is 12.7. The third-order valence-corrected chi connectivity index (χ3v) is 3.00. The van der Waals surface area contributed by atoms with Crippen molar-refractivity contribution < 1.29 is 14.7 Å². The lowest BCUT2D eigenvalue weighted by atomic mass is 10.1. The molecule has 1 N–H and O–H groups in total. The highest BCUT2D eigenvalue weighted by molar-refractivity contribution is 5.95. The van der Waals surface area contributed by atoms with Crippen LogP contribution in [-0.4, -0.2) is 61.0 Å². The van der Waals surface area contributed by atoms with E-state index < -0.39 is 5.97 Å². The molecular formula is C16H22N2O3. The van der Waals surface area contributed by atoms with Crippen molar-refractivity contribution in [2.75, 3.05) is 34.2 Å². The predicted octanol–water partition coefficient (Wildman–Crippen LogP) is 1.81. The molecule has 0 aliphatic carbocycles. The summed E-state index contributed by atoms with van der Waals surface area (Å²) in [6.45, 7) is 1.62. The molecule has 114 valence electrons. The number of amides is 1. The van der Waals surface area contributed by atoms with Crippen LogP contribution < -0.4 is 0 Å². The molecule has 0 aromatic heterocycles. The Labute approximate surface area is 125 Å². The Morgan fingerprint density at radius 3 is 2.52 bits per heavy atom. The second-order valence-electron chi connectivity index (χ2n) is 5.18. The van der Waals surface area contributed by atoms with Crippen LogP contribution in [-0.2, 0) is 4.79 Å². The van der Waals surface area contributed by atoms with Crippen LogP contribution in [0.4, 0.5) is 0 Å². The number of benzene rings is 1. The van der Waals surface area contributed by atoms with Crippen molar-refractivity contribution in [3.63, 3.8) is 0 Å². The van der Waals surface area contributed by atoms with Gasteiger partial charge < -0.3 is 14.9 Å². The van der Waals surface area contributed by atoms with E-state index in [4.69, 9.17) is 5.11 Å². The molecule has 1 amide bonds. The number of nitrogens with zero attached hydrogens (tertiary/aromatic N) is 2. The van der Waals surface area contributed by atoms with E-state index in [0.717, 1.165) is 19.0 Å². The summed E-state index contributed by atoms with van der Waals surface area (Å²) in [5, 5.41) is 8.62. The first kappa shape index (κ1) is 16.9. The van der Waals surface area contributed by atoms with Crippen LogP contribution in [0.2, 0.25) is 0 Å². The topological polar surface area (TPSA) is 60.9 Å². The Balaban J connectivity index is 2.69. The van der Waals surface area contributed by atoms with Crippen molar-refractivity contribution in [1.82, 2.24) is 9.80 Å². The zero-order valence-corrected chi connectivity index (χ0v) is 12.7. The second-order valence-corrected chi connectivity index (χ2v) is 5.18. The molecule has 0 unspecified atom stereocenters. The summed E-state index contributed by atoms with van der Waals surface area (Å²) in [6, 6.07) is 6.96. The SMILES string of the molecule is CN(C)CCCN(C)C(=O)c1cccc(C=CC(=O)O)c1. The van der Waals surface area contributed by atoms with E-state index in [9.17, 15) is 9.59 Å². The third kappa shape index (κ3) is 6.23. The molecule has 5 heteroatoms. The van der Waals surface area contributed by atoms with E-state index in [1.807, 2.05) is 14.1 Å². The van der Waals surface area contributed by atoms with Crippen LogP contribution in [0.1, 0.15) is 22.3 Å². The fraction of sp³-hybridized carbons (Fsp3) is 0.375. The van der Waals surface area contributed by atoms with Gasteiger partial charge in [-0.15, -0.1) is 0 Å². The average molecular weight is 290 g/mol. The fourth-order valence-corrected chi connectivity index (χ4v) is 1.89. The quantitative estimate of drug-likeness (QED) is 0.778. The van der Waals surface area contributed by atoms with Crippen LogP contribution in [0.25, 0.3) is 6.08 Å². The number of carboxylic acid groups (broad SMARTS) is 1. The summed E-state index contributed by atoms with van der Waals surface area (Å²) >= 11 is 0. The van der Waals surface area contributed by atoms with Crippen LogP contribution >= 0.6 is 0 Å². The highest BCUT2D eigenvalue weighted by Gasteiger charge is 2.11. The van der Waals surface area contributed by atoms with Crippen molar-refractivity contribution in [3.05, 3.63) is 41.5 Å². The standard InChI is InChI=1S/C16H22N2O3/c1-17(2)10-5-11-18(3)16(21)14-7-4-6-13(12-14)8-9-15(19)20/h4,6-9,12H,5,10-11H2,1-3H3,(H,19,20). The first-order chi connectivity index (χ1) is 9.90. The molecule has 1 aromatic rings. The largest absolute Gasteiger partial charge is 0.478 e. The molecule has 0 radical (unpaired) electrons. The van der Waals surface area contributed by atoms with Gasteiger partial charge in [-0.25, -0.2) is 4.79 Å². The molecule has 1 rings (SSSR count). The molecule has 21 heavy (non-hydrogen) atoms. The van der Waals surface area contributed by atoms with Crippen molar-refractivity contribution in [1.29, 1.82) is 0 Å². The second kappa shape index (κ2) is 8.21. The van der Waals surface area contributed by atoms with Gasteiger partial charge in [-0.2, -0.15) is 0 Å². The number of carbonyl (C=O) groups excluding carboxylic acids is 1. The minimum Gasteiger partial charge on any atom is -0.478 e. The number of hydrogen-bond donors (Lipinski definition) is 1. The first-order valence-corrected chi connectivity index (χ1v) is 6.81. The van der Waals surface area contributed by atoms with Crippen molar-refractivity contribution in [3.8, 4) is 0 Å². The molecule has 0 saturated carbocycles. The van der Waals surface area contributed by atoms with Crippen LogP contribution in [0.3, 0.4) is 0 Å². The minimum absolute atomic E-state index is 0.0562. The lowest BCUT2D eigenvalue weighted by Crippen LogP contribution is -2.29. The van der Waals surface area contributed by atoms with Crippen LogP contribution in [0.15, 0.2) is 30.3 Å². The van der Waals surface area contributed by atoms with Gasteiger partial charge in [0.1, 0.15) is 0 Å². The number of hydrogen-bond acceptors (Lipinski definition) is 3. The fourth-order valence-electron chi connectivity index (χ4n) is 1.89. The van der Waals surface area contributed by atoms with Crippen LogP contribution in [0, 0.1) is 0 Å². The minimum atomic E-state index is -1.01. The third-order valence-electron chi connectivity index (χ3n) is 3.00. The molecule has 0 heterocycles. The Morgan fingerprint density at radius 2 is 1.90 bits per heavy atom. The number of rotatable bonds is 7. The number of aliphatic carboxylic acids is 1. The van der Waals surface area contributed by atoms with Gasteiger partial charge in [0.15, 0.2) is 0 Å². The maximum absolute atomic E-state index is 12.3. The lowest BCUT2D eigenvalue weighted by molar-refractivity contribution is -0.131. The highest BCUT2D eigenvalue weighted by Crippen LogP contribution is 2.10. The Hall–Kier alpha value is -2.14. The Bertz CT molecular complexity index is 524. The van der Waals surface area contributed by atoms with Gasteiger partial charge in [0.25, 0.3) is 5.91 Å². The maximum atomic E-state index is 12.3. The van der Waals surface area contributed by atoms with Gasteiger partial charge in [-0.05, 0) is 50.8 Å². The van der Waals surface area contributed by atoms with Crippen molar-refractivity contribution in [2.24, 2.45) is 0 Å². The van der Waals surface area contributed by atoms with Crippen molar-refractivity contribution >= 4 is 18.0 Å². The summed E-state index contributed by atoms with van der Waals surface area (Å²) in [4.78, 5) is 26.6. The molecule has 0 saturated heterocycles. The van der Waals surface area contributed by atoms with E-state index in [2.05, 4.69) is 4.90 Å². The van der Waals surface area contributed by atoms with Gasteiger partial charge >= 0.3 is 5.97 Å². The molecule has 0 fully saturated rings. The lowest BCUT2D eigenvalue weighted by Gasteiger charge is -2.18. The van der Waals surface area contributed by atoms with Gasteiger partial charge in [-0.3, -0.25) is 4.79 Å². The summed E-state index contributed by atoms with van der Waals surface area (Å²) in [7, 11) is 5.78. The molecule has 0 bridgehead atoms. The van der Waals surface area contributed by atoms with Gasteiger partial charge in [-0.1, -0.05) is 12.1 Å². The highest BCUT2D eigenvalue weighted by atomic mass is 16.4. The molecule has 5 nitrogen and oxygen atoms in total. The van der Waals surface area contributed by atoms with Gasteiger partial charge in [0, 0.05) is 25.2 Å². The van der Waals surface area contributed by atoms with E-state index in [1.54, 1.807) is 36.2 Å². The summed E-state index contributed by atoms with van der Waals surface area (Å²) in [5.74, 6) is -1.06. The normalized spacial score (nSPS) is 11.0. The predicted molar refractivity (Wildman–Crippen MR) is 83.2 cm³/mol. The smallest absolute Gasteiger partial charge is 0.328 e. The first-order valence-electron chi connectivity index (χ1n) is 6.81. The average Bonchev–Trinajstić information content (AvgIpc) is 2.44. The zero-order chi connectivity index (χ0) is 15.8. The summed E-state index contributed by atoms with van der Waals surface area (Å²) in [5.41, 5.74) is 1.26. The summed E-state index contributed by atoms with van der Waals surface area (Å²) in [6.07, 6.45) is 3.45. The molecule has 0 atom stereocenters. The molecule has 0 aliphatic heterocycles.